The molecule has 1 aromatic carbocycles. The van der Waals surface area contributed by atoms with Crippen molar-refractivity contribution in [1.29, 1.82) is 0 Å². The van der Waals surface area contributed by atoms with E-state index in [0.29, 0.717) is 15.8 Å². The molecule has 0 atom stereocenters. The standard InChI is InChI=1S/C16H18ClNOS/c1-2-9-18(10-11-7-8-11)16(19)15-14(17)12-5-3-4-6-13(12)20-15/h3-6,11H,2,7-10H2,1H3. The van der Waals surface area contributed by atoms with Gasteiger partial charge in [0.05, 0.1) is 5.02 Å². The molecule has 1 heterocycles. The average molecular weight is 308 g/mol. The van der Waals surface area contributed by atoms with E-state index in [1.807, 2.05) is 29.2 Å². The van der Waals surface area contributed by atoms with Gasteiger partial charge in [-0.2, -0.15) is 0 Å². The summed E-state index contributed by atoms with van der Waals surface area (Å²) in [7, 11) is 0. The summed E-state index contributed by atoms with van der Waals surface area (Å²) in [5, 5.41) is 1.61. The molecule has 1 fully saturated rings. The van der Waals surface area contributed by atoms with Crippen LogP contribution in [0.1, 0.15) is 35.9 Å². The van der Waals surface area contributed by atoms with Crippen LogP contribution >= 0.6 is 22.9 Å². The Kier molecular flexibility index (Phi) is 3.99. The van der Waals surface area contributed by atoms with E-state index in [0.717, 1.165) is 29.6 Å². The Morgan fingerprint density at radius 3 is 2.80 bits per heavy atom. The van der Waals surface area contributed by atoms with E-state index in [4.69, 9.17) is 11.6 Å². The number of carbonyl (C=O) groups is 1. The molecule has 0 radical (unpaired) electrons. The number of thiophene rings is 1. The maximum absolute atomic E-state index is 12.7. The minimum atomic E-state index is 0.102. The maximum Gasteiger partial charge on any atom is 0.265 e. The van der Waals surface area contributed by atoms with E-state index in [2.05, 4.69) is 6.92 Å². The quantitative estimate of drug-likeness (QED) is 0.775. The van der Waals surface area contributed by atoms with Crippen LogP contribution in [0.4, 0.5) is 0 Å². The molecule has 0 spiro atoms. The predicted molar refractivity (Wildman–Crippen MR) is 85.8 cm³/mol. The van der Waals surface area contributed by atoms with Gasteiger partial charge in [-0.25, -0.2) is 0 Å². The Labute approximate surface area is 128 Å². The van der Waals surface area contributed by atoms with Gasteiger partial charge in [-0.1, -0.05) is 36.7 Å². The third-order valence-electron chi connectivity index (χ3n) is 3.69. The zero-order valence-corrected chi connectivity index (χ0v) is 13.1. The number of hydrogen-bond acceptors (Lipinski definition) is 2. The first-order chi connectivity index (χ1) is 9.70. The second-order valence-corrected chi connectivity index (χ2v) is 6.87. The molecule has 0 unspecified atom stereocenters. The van der Waals surface area contributed by atoms with Crippen molar-refractivity contribution >= 4 is 38.9 Å². The van der Waals surface area contributed by atoms with E-state index in [-0.39, 0.29) is 5.91 Å². The maximum atomic E-state index is 12.7. The molecule has 0 bridgehead atoms. The Bertz CT molecular complexity index is 632. The summed E-state index contributed by atoms with van der Waals surface area (Å²) >= 11 is 7.92. The first kappa shape index (κ1) is 13.9. The molecule has 0 saturated heterocycles. The van der Waals surface area contributed by atoms with Crippen LogP contribution in [0.5, 0.6) is 0 Å². The molecule has 106 valence electrons. The molecule has 1 amide bonds. The van der Waals surface area contributed by atoms with Gasteiger partial charge in [0.1, 0.15) is 4.88 Å². The molecule has 1 aliphatic rings. The summed E-state index contributed by atoms with van der Waals surface area (Å²) in [6.45, 7) is 3.82. The third-order valence-corrected chi connectivity index (χ3v) is 5.35. The zero-order chi connectivity index (χ0) is 14.1. The van der Waals surface area contributed by atoms with Crippen molar-refractivity contribution in [1.82, 2.24) is 4.90 Å². The van der Waals surface area contributed by atoms with E-state index in [1.165, 1.54) is 24.2 Å². The summed E-state index contributed by atoms with van der Waals surface area (Å²) in [4.78, 5) is 15.4. The molecule has 2 aromatic rings. The van der Waals surface area contributed by atoms with Crippen molar-refractivity contribution in [2.75, 3.05) is 13.1 Å². The Morgan fingerprint density at radius 2 is 2.15 bits per heavy atom. The van der Waals surface area contributed by atoms with E-state index in [1.54, 1.807) is 0 Å². The minimum absolute atomic E-state index is 0.102. The van der Waals surface area contributed by atoms with Crippen molar-refractivity contribution in [3.8, 4) is 0 Å². The van der Waals surface area contributed by atoms with Crippen molar-refractivity contribution in [2.45, 2.75) is 26.2 Å². The van der Waals surface area contributed by atoms with Crippen LogP contribution < -0.4 is 0 Å². The SMILES string of the molecule is CCCN(CC1CC1)C(=O)c1sc2ccccc2c1Cl. The highest BCUT2D eigenvalue weighted by Crippen LogP contribution is 2.37. The van der Waals surface area contributed by atoms with Gasteiger partial charge >= 0.3 is 0 Å². The summed E-state index contributed by atoms with van der Waals surface area (Å²) in [6.07, 6.45) is 3.50. The fourth-order valence-electron chi connectivity index (χ4n) is 2.45. The van der Waals surface area contributed by atoms with Crippen molar-refractivity contribution in [2.24, 2.45) is 5.92 Å². The van der Waals surface area contributed by atoms with Crippen LogP contribution in [-0.2, 0) is 0 Å². The largest absolute Gasteiger partial charge is 0.338 e. The third kappa shape index (κ3) is 2.70. The lowest BCUT2D eigenvalue weighted by Crippen LogP contribution is -2.33. The molecule has 3 rings (SSSR count). The highest BCUT2D eigenvalue weighted by atomic mass is 35.5. The van der Waals surface area contributed by atoms with Gasteiger partial charge in [-0.3, -0.25) is 4.79 Å². The molecule has 1 aliphatic carbocycles. The van der Waals surface area contributed by atoms with Gasteiger partial charge in [-0.15, -0.1) is 11.3 Å². The van der Waals surface area contributed by atoms with E-state index >= 15 is 0 Å². The second kappa shape index (κ2) is 5.74. The van der Waals surface area contributed by atoms with Crippen LogP contribution in [0.25, 0.3) is 10.1 Å². The second-order valence-electron chi connectivity index (χ2n) is 5.44. The number of hydrogen-bond donors (Lipinski definition) is 0. The van der Waals surface area contributed by atoms with E-state index in [9.17, 15) is 4.79 Å². The lowest BCUT2D eigenvalue weighted by molar-refractivity contribution is 0.0753. The fraction of sp³-hybridized carbons (Fsp3) is 0.438. The molecular formula is C16H18ClNOS. The smallest absolute Gasteiger partial charge is 0.265 e. The average Bonchev–Trinajstić information content (AvgIpc) is 3.21. The highest BCUT2D eigenvalue weighted by molar-refractivity contribution is 7.21. The number of nitrogens with zero attached hydrogens (tertiary/aromatic N) is 1. The van der Waals surface area contributed by atoms with Gasteiger partial charge in [0.25, 0.3) is 5.91 Å². The fourth-order valence-corrected chi connectivity index (χ4v) is 3.93. The number of rotatable bonds is 5. The Morgan fingerprint density at radius 1 is 1.40 bits per heavy atom. The normalized spacial score (nSPS) is 14.7. The molecule has 1 saturated carbocycles. The van der Waals surface area contributed by atoms with Crippen LogP contribution in [0, 0.1) is 5.92 Å². The highest BCUT2D eigenvalue weighted by Gasteiger charge is 2.28. The van der Waals surface area contributed by atoms with Gasteiger partial charge < -0.3 is 4.90 Å². The minimum Gasteiger partial charge on any atom is -0.338 e. The van der Waals surface area contributed by atoms with Crippen LogP contribution in [0.15, 0.2) is 24.3 Å². The van der Waals surface area contributed by atoms with Gasteiger partial charge in [-0.05, 0) is 31.2 Å². The van der Waals surface area contributed by atoms with Crippen molar-refractivity contribution in [3.05, 3.63) is 34.2 Å². The topological polar surface area (TPSA) is 20.3 Å². The molecule has 4 heteroatoms. The number of halogens is 1. The summed E-state index contributed by atoms with van der Waals surface area (Å²) in [5.74, 6) is 0.809. The van der Waals surface area contributed by atoms with Gasteiger partial charge in [0, 0.05) is 23.2 Å². The molecule has 1 aromatic heterocycles. The van der Waals surface area contributed by atoms with Crippen LogP contribution in [-0.4, -0.2) is 23.9 Å². The predicted octanol–water partition coefficient (Wildman–Crippen LogP) is 4.82. The van der Waals surface area contributed by atoms with Crippen LogP contribution in [0.3, 0.4) is 0 Å². The lowest BCUT2D eigenvalue weighted by Gasteiger charge is -2.21. The van der Waals surface area contributed by atoms with E-state index < -0.39 is 0 Å². The first-order valence-electron chi connectivity index (χ1n) is 7.17. The molecule has 2 nitrogen and oxygen atoms in total. The summed E-state index contributed by atoms with van der Waals surface area (Å²) < 4.78 is 1.09. The molecule has 20 heavy (non-hydrogen) atoms. The number of amides is 1. The monoisotopic (exact) mass is 307 g/mol. The summed E-state index contributed by atoms with van der Waals surface area (Å²) in [6, 6.07) is 7.95. The van der Waals surface area contributed by atoms with Crippen molar-refractivity contribution < 1.29 is 4.79 Å². The van der Waals surface area contributed by atoms with Gasteiger partial charge in [0.2, 0.25) is 0 Å². The Balaban J connectivity index is 1.91. The lowest BCUT2D eigenvalue weighted by atomic mass is 10.2. The van der Waals surface area contributed by atoms with Gasteiger partial charge in [0.15, 0.2) is 0 Å². The van der Waals surface area contributed by atoms with Crippen LogP contribution in [0.2, 0.25) is 5.02 Å². The number of benzene rings is 1. The number of carbonyl (C=O) groups excluding carboxylic acids is 1. The van der Waals surface area contributed by atoms with Crippen molar-refractivity contribution in [3.63, 3.8) is 0 Å². The molecular weight excluding hydrogens is 290 g/mol. The first-order valence-corrected chi connectivity index (χ1v) is 8.36. The number of fused-ring (bicyclic) bond motifs is 1. The Hall–Kier alpha value is -1.06. The zero-order valence-electron chi connectivity index (χ0n) is 11.6. The molecule has 0 aliphatic heterocycles. The molecule has 0 N–H and O–H groups in total. The summed E-state index contributed by atoms with van der Waals surface area (Å²) in [5.41, 5.74) is 0.